The lowest BCUT2D eigenvalue weighted by Crippen LogP contribution is -2.24. The third-order valence-corrected chi connectivity index (χ3v) is 1.44. The molecule has 0 aliphatic carbocycles. The van der Waals surface area contributed by atoms with Crippen LogP contribution in [-0.4, -0.2) is 25.4 Å². The van der Waals surface area contributed by atoms with Gasteiger partial charge in [-0.3, -0.25) is 0 Å². The molecule has 8 heavy (non-hydrogen) atoms. The average molecular weight is 106 g/mol. The second kappa shape index (κ2) is 2.19. The molecule has 1 fully saturated rings. The van der Waals surface area contributed by atoms with E-state index in [9.17, 15) is 0 Å². The van der Waals surface area contributed by atoms with Crippen molar-refractivity contribution in [3.05, 3.63) is 0 Å². The van der Waals surface area contributed by atoms with Gasteiger partial charge in [0.05, 0.1) is 12.1 Å². The van der Waals surface area contributed by atoms with Crippen molar-refractivity contribution in [1.82, 2.24) is 4.81 Å². The molecular weight excluding hydrogens is 98.9 g/mol. The summed E-state index contributed by atoms with van der Waals surface area (Å²) < 4.78 is 0. The van der Waals surface area contributed by atoms with Crippen LogP contribution >= 0.6 is 0 Å². The molecule has 1 aliphatic rings. The highest BCUT2D eigenvalue weighted by molar-refractivity contribution is 6.04. The molecule has 3 heteroatoms. The van der Waals surface area contributed by atoms with E-state index in [2.05, 4.69) is 6.07 Å². The van der Waals surface area contributed by atoms with E-state index < -0.39 is 0 Å². The van der Waals surface area contributed by atoms with E-state index >= 15 is 0 Å². The lowest BCUT2D eigenvalue weighted by Gasteiger charge is -2.10. The molecule has 1 heterocycles. The number of nitrogens with zero attached hydrogens (tertiary/aromatic N) is 2. The molecule has 2 nitrogen and oxygen atoms in total. The van der Waals surface area contributed by atoms with Gasteiger partial charge in [-0.1, -0.05) is 0 Å². The Morgan fingerprint density at radius 2 is 2.50 bits per heavy atom. The molecule has 0 N–H and O–H groups in total. The fraction of sp³-hybridized carbons (Fsp3) is 0.800. The maximum Gasteiger partial charge on any atom is 0.184 e. The van der Waals surface area contributed by atoms with E-state index in [1.165, 1.54) is 0 Å². The lowest BCUT2D eigenvalue weighted by molar-refractivity contribution is 0.494. The van der Waals surface area contributed by atoms with Crippen molar-refractivity contribution >= 4 is 7.98 Å². The monoisotopic (exact) mass is 106 g/mol. The number of hydrogen-bond donors (Lipinski definition) is 0. The standard InChI is InChI=1S/C5H7BN2/c6-8-3-1-2-5(8)4-7/h5H,1-3H2/t5-/m0/s1. The summed E-state index contributed by atoms with van der Waals surface area (Å²) in [5.74, 6) is 0. The van der Waals surface area contributed by atoms with Gasteiger partial charge in [-0.2, -0.15) is 5.26 Å². The molecule has 0 bridgehead atoms. The van der Waals surface area contributed by atoms with Crippen LogP contribution in [0.1, 0.15) is 12.8 Å². The van der Waals surface area contributed by atoms with Crippen LogP contribution in [0.2, 0.25) is 0 Å². The summed E-state index contributed by atoms with van der Waals surface area (Å²) in [5.41, 5.74) is 0. The zero-order valence-corrected chi connectivity index (χ0v) is 4.67. The molecule has 1 saturated heterocycles. The predicted octanol–water partition coefficient (Wildman–Crippen LogP) is 0.0579. The molecule has 1 rings (SSSR count). The van der Waals surface area contributed by atoms with Crippen LogP contribution in [0.3, 0.4) is 0 Å². The fourth-order valence-corrected chi connectivity index (χ4v) is 0.928. The van der Waals surface area contributed by atoms with Crippen LogP contribution < -0.4 is 0 Å². The maximum atomic E-state index is 8.36. The molecule has 0 aromatic rings. The second-order valence-corrected chi connectivity index (χ2v) is 2.02. The smallest absolute Gasteiger partial charge is 0.184 e. The van der Waals surface area contributed by atoms with Crippen LogP contribution in [0.25, 0.3) is 0 Å². The summed E-state index contributed by atoms with van der Waals surface area (Å²) in [6, 6.07) is 2.10. The summed E-state index contributed by atoms with van der Waals surface area (Å²) in [4.78, 5) is 1.60. The van der Waals surface area contributed by atoms with Crippen molar-refractivity contribution in [2.75, 3.05) is 6.54 Å². The topological polar surface area (TPSA) is 27.0 Å². The minimum atomic E-state index is -0.0185. The molecule has 0 amide bonds. The van der Waals surface area contributed by atoms with Crippen LogP contribution in [0.5, 0.6) is 0 Å². The Kier molecular flexibility index (Phi) is 1.55. The van der Waals surface area contributed by atoms with E-state index in [0.717, 1.165) is 19.4 Å². The molecule has 0 spiro atoms. The average Bonchev–Trinajstić information content (AvgIpc) is 2.14. The van der Waals surface area contributed by atoms with Gasteiger partial charge in [-0.05, 0) is 19.4 Å². The Bertz CT molecular complexity index is 118. The third kappa shape index (κ3) is 0.848. The molecule has 0 unspecified atom stereocenters. The Balaban J connectivity index is 2.45. The van der Waals surface area contributed by atoms with Gasteiger partial charge >= 0.3 is 0 Å². The van der Waals surface area contributed by atoms with Crippen molar-refractivity contribution in [3.63, 3.8) is 0 Å². The highest BCUT2D eigenvalue weighted by Gasteiger charge is 2.18. The molecule has 0 aromatic carbocycles. The zero-order chi connectivity index (χ0) is 5.98. The summed E-state index contributed by atoms with van der Waals surface area (Å²) in [5, 5.41) is 8.36. The van der Waals surface area contributed by atoms with Crippen molar-refractivity contribution in [2.24, 2.45) is 0 Å². The first-order valence-corrected chi connectivity index (χ1v) is 2.75. The summed E-state index contributed by atoms with van der Waals surface area (Å²) in [6.45, 7) is 0.873. The first kappa shape index (κ1) is 5.65. The van der Waals surface area contributed by atoms with Gasteiger partial charge in [-0.15, -0.1) is 0 Å². The van der Waals surface area contributed by atoms with Gasteiger partial charge in [0.25, 0.3) is 0 Å². The summed E-state index contributed by atoms with van der Waals surface area (Å²) >= 11 is 0. The largest absolute Gasteiger partial charge is 0.340 e. The molecule has 0 aromatic heterocycles. The van der Waals surface area contributed by atoms with E-state index in [4.69, 9.17) is 13.2 Å². The van der Waals surface area contributed by atoms with E-state index in [1.54, 1.807) is 4.81 Å². The molecule has 40 valence electrons. The van der Waals surface area contributed by atoms with Gasteiger partial charge in [0.1, 0.15) is 0 Å². The maximum absolute atomic E-state index is 8.36. The fourth-order valence-electron chi connectivity index (χ4n) is 0.928. The normalized spacial score (nSPS) is 30.1. The van der Waals surface area contributed by atoms with Crippen LogP contribution in [-0.2, 0) is 0 Å². The highest BCUT2D eigenvalue weighted by atomic mass is 15.1. The van der Waals surface area contributed by atoms with Crippen LogP contribution in [0.4, 0.5) is 0 Å². The molecule has 2 radical (unpaired) electrons. The van der Waals surface area contributed by atoms with E-state index in [1.807, 2.05) is 0 Å². The Morgan fingerprint density at radius 1 is 1.75 bits per heavy atom. The SMILES string of the molecule is [B]N1CCC[C@H]1C#N. The minimum absolute atomic E-state index is 0.0185. The minimum Gasteiger partial charge on any atom is -0.340 e. The van der Waals surface area contributed by atoms with Crippen LogP contribution in [0, 0.1) is 11.3 Å². The quantitative estimate of drug-likeness (QED) is 0.408. The predicted molar refractivity (Wildman–Crippen MR) is 31.1 cm³/mol. The second-order valence-electron chi connectivity index (χ2n) is 2.02. The first-order valence-electron chi connectivity index (χ1n) is 2.75. The van der Waals surface area contributed by atoms with Crippen molar-refractivity contribution < 1.29 is 0 Å². The number of rotatable bonds is 0. The number of nitriles is 1. The third-order valence-electron chi connectivity index (χ3n) is 1.44. The van der Waals surface area contributed by atoms with E-state index in [0.29, 0.717) is 0 Å². The Labute approximate surface area is 50.5 Å². The first-order chi connectivity index (χ1) is 3.84. The highest BCUT2D eigenvalue weighted by Crippen LogP contribution is 2.11. The Hall–Kier alpha value is -0.485. The lowest BCUT2D eigenvalue weighted by atomic mass is 10.2. The zero-order valence-electron chi connectivity index (χ0n) is 4.67. The van der Waals surface area contributed by atoms with Gasteiger partial charge in [0, 0.05) is 0 Å². The summed E-state index contributed by atoms with van der Waals surface area (Å²) in [6.07, 6.45) is 2.00. The molecule has 0 saturated carbocycles. The van der Waals surface area contributed by atoms with Gasteiger partial charge in [0.15, 0.2) is 7.98 Å². The van der Waals surface area contributed by atoms with Crippen LogP contribution in [0.15, 0.2) is 0 Å². The van der Waals surface area contributed by atoms with Crippen molar-refractivity contribution in [1.29, 1.82) is 5.26 Å². The molecule has 1 aliphatic heterocycles. The van der Waals surface area contributed by atoms with Gasteiger partial charge in [0.2, 0.25) is 0 Å². The summed E-state index contributed by atoms with van der Waals surface area (Å²) in [7, 11) is 5.40. The molecule has 1 atom stereocenters. The Morgan fingerprint density at radius 3 is 2.75 bits per heavy atom. The van der Waals surface area contributed by atoms with Gasteiger partial charge in [-0.25, -0.2) is 0 Å². The van der Waals surface area contributed by atoms with Crippen molar-refractivity contribution in [3.8, 4) is 6.07 Å². The molecular formula is C5H7BN2. The number of hydrogen-bond acceptors (Lipinski definition) is 2. The van der Waals surface area contributed by atoms with Gasteiger partial charge < -0.3 is 4.81 Å². The van der Waals surface area contributed by atoms with Crippen molar-refractivity contribution in [2.45, 2.75) is 18.9 Å². The van der Waals surface area contributed by atoms with E-state index in [-0.39, 0.29) is 6.04 Å².